The molecule has 0 rings (SSSR count). The summed E-state index contributed by atoms with van der Waals surface area (Å²) >= 11 is 0. The van der Waals surface area contributed by atoms with E-state index in [9.17, 15) is 5.11 Å². The first-order chi connectivity index (χ1) is 8.93. The molecule has 0 fully saturated rings. The Balaban J connectivity index is 3.78. The fourth-order valence-corrected chi connectivity index (χ4v) is 2.22. The molecule has 19 heavy (non-hydrogen) atoms. The molecule has 0 aromatic heterocycles. The molecule has 0 aromatic carbocycles. The van der Waals surface area contributed by atoms with Gasteiger partial charge >= 0.3 is 0 Å². The highest BCUT2D eigenvalue weighted by Gasteiger charge is 2.26. The van der Waals surface area contributed by atoms with Crippen molar-refractivity contribution in [3.8, 4) is 0 Å². The van der Waals surface area contributed by atoms with Crippen LogP contribution < -0.4 is 5.32 Å². The zero-order valence-corrected chi connectivity index (χ0v) is 13.4. The molecular weight excluding hydrogens is 242 g/mol. The van der Waals surface area contributed by atoms with Crippen LogP contribution in [0.15, 0.2) is 0 Å². The minimum absolute atomic E-state index is 0.109. The summed E-state index contributed by atoms with van der Waals surface area (Å²) in [5.41, 5.74) is -0.281. The topological polar surface area (TPSA) is 50.7 Å². The van der Waals surface area contributed by atoms with Crippen molar-refractivity contribution in [1.29, 1.82) is 0 Å². The zero-order valence-electron chi connectivity index (χ0n) is 13.4. The molecule has 0 heterocycles. The minimum atomic E-state index is -0.281. The highest BCUT2D eigenvalue weighted by atomic mass is 16.5. The largest absolute Gasteiger partial charge is 0.394 e. The Labute approximate surface area is 118 Å². The second kappa shape index (κ2) is 10.6. The summed E-state index contributed by atoms with van der Waals surface area (Å²) in [5.74, 6) is 0. The molecule has 0 radical (unpaired) electrons. The number of aliphatic hydroxyl groups excluding tert-OH is 1. The number of rotatable bonds is 12. The average Bonchev–Trinajstić information content (AvgIpc) is 2.32. The predicted octanol–water partition coefficient (Wildman–Crippen LogP) is 2.35. The van der Waals surface area contributed by atoms with E-state index in [1.54, 1.807) is 0 Å². The standard InChI is InChI=1S/C15H33NO3/c1-6-7-8-18-9-10-19-14(4)11-15(5,12-17)16-13(2)3/h13-14,16-17H,6-12H2,1-5H3. The van der Waals surface area contributed by atoms with Gasteiger partial charge in [0.15, 0.2) is 0 Å². The Hall–Kier alpha value is -0.160. The van der Waals surface area contributed by atoms with Crippen molar-refractivity contribution in [2.24, 2.45) is 0 Å². The summed E-state index contributed by atoms with van der Waals surface area (Å²) in [4.78, 5) is 0. The lowest BCUT2D eigenvalue weighted by molar-refractivity contribution is -0.00831. The van der Waals surface area contributed by atoms with E-state index in [2.05, 4.69) is 26.1 Å². The predicted molar refractivity (Wildman–Crippen MR) is 79.5 cm³/mol. The Kier molecular flexibility index (Phi) is 10.5. The Morgan fingerprint density at radius 3 is 2.37 bits per heavy atom. The number of hydrogen-bond donors (Lipinski definition) is 2. The van der Waals surface area contributed by atoms with Gasteiger partial charge in [0.25, 0.3) is 0 Å². The van der Waals surface area contributed by atoms with Crippen LogP contribution in [-0.4, -0.2) is 49.2 Å². The van der Waals surface area contributed by atoms with Gasteiger partial charge in [-0.1, -0.05) is 27.2 Å². The van der Waals surface area contributed by atoms with Crippen molar-refractivity contribution in [2.45, 2.75) is 71.6 Å². The van der Waals surface area contributed by atoms with Crippen LogP contribution >= 0.6 is 0 Å². The molecule has 0 spiro atoms. The van der Waals surface area contributed by atoms with Gasteiger partial charge in [0.2, 0.25) is 0 Å². The van der Waals surface area contributed by atoms with Crippen molar-refractivity contribution in [3.05, 3.63) is 0 Å². The average molecular weight is 275 g/mol. The van der Waals surface area contributed by atoms with Crippen molar-refractivity contribution < 1.29 is 14.6 Å². The summed E-state index contributed by atoms with van der Waals surface area (Å²) in [5, 5.41) is 12.9. The number of unbranched alkanes of at least 4 members (excludes halogenated alkanes) is 1. The van der Waals surface area contributed by atoms with E-state index in [1.165, 1.54) is 0 Å². The molecule has 0 aliphatic rings. The van der Waals surface area contributed by atoms with Crippen molar-refractivity contribution in [2.75, 3.05) is 26.4 Å². The van der Waals surface area contributed by atoms with E-state index < -0.39 is 0 Å². The van der Waals surface area contributed by atoms with Gasteiger partial charge in [-0.25, -0.2) is 0 Å². The van der Waals surface area contributed by atoms with E-state index in [4.69, 9.17) is 9.47 Å². The van der Waals surface area contributed by atoms with Crippen LogP contribution in [0.3, 0.4) is 0 Å². The second-order valence-corrected chi connectivity index (χ2v) is 5.87. The molecule has 4 heteroatoms. The smallest absolute Gasteiger partial charge is 0.0704 e. The van der Waals surface area contributed by atoms with E-state index in [-0.39, 0.29) is 18.2 Å². The van der Waals surface area contributed by atoms with Gasteiger partial charge in [0, 0.05) is 18.2 Å². The molecule has 0 aliphatic heterocycles. The lowest BCUT2D eigenvalue weighted by atomic mass is 9.95. The molecule has 0 aromatic rings. The van der Waals surface area contributed by atoms with Gasteiger partial charge < -0.3 is 19.9 Å². The third-order valence-corrected chi connectivity index (χ3v) is 3.00. The lowest BCUT2D eigenvalue weighted by Crippen LogP contribution is -2.51. The number of ether oxygens (including phenoxy) is 2. The molecule has 0 bridgehead atoms. The third kappa shape index (κ3) is 10.3. The van der Waals surface area contributed by atoms with Gasteiger partial charge in [0.05, 0.1) is 25.9 Å². The minimum Gasteiger partial charge on any atom is -0.394 e. The molecule has 0 saturated heterocycles. The molecular formula is C15H33NO3. The normalized spacial score (nSPS) is 16.6. The summed E-state index contributed by atoms with van der Waals surface area (Å²) in [7, 11) is 0. The Morgan fingerprint density at radius 1 is 1.16 bits per heavy atom. The maximum atomic E-state index is 9.51. The first-order valence-electron chi connectivity index (χ1n) is 7.51. The van der Waals surface area contributed by atoms with Crippen LogP contribution in [0.25, 0.3) is 0 Å². The Morgan fingerprint density at radius 2 is 1.84 bits per heavy atom. The lowest BCUT2D eigenvalue weighted by Gasteiger charge is -2.33. The summed E-state index contributed by atoms with van der Waals surface area (Å²) in [6.07, 6.45) is 3.17. The van der Waals surface area contributed by atoms with E-state index >= 15 is 0 Å². The van der Waals surface area contributed by atoms with Gasteiger partial charge in [-0.05, 0) is 26.7 Å². The molecule has 0 amide bonds. The molecule has 2 atom stereocenters. The summed E-state index contributed by atoms with van der Waals surface area (Å²) < 4.78 is 11.2. The fourth-order valence-electron chi connectivity index (χ4n) is 2.22. The van der Waals surface area contributed by atoms with Gasteiger partial charge in [-0.15, -0.1) is 0 Å². The fraction of sp³-hybridized carbons (Fsp3) is 1.00. The highest BCUT2D eigenvalue weighted by molar-refractivity contribution is 4.85. The van der Waals surface area contributed by atoms with Crippen LogP contribution in [0.1, 0.15) is 53.9 Å². The molecule has 116 valence electrons. The van der Waals surface area contributed by atoms with Gasteiger partial charge in [-0.2, -0.15) is 0 Å². The van der Waals surface area contributed by atoms with Gasteiger partial charge in [-0.3, -0.25) is 0 Å². The van der Waals surface area contributed by atoms with Crippen molar-refractivity contribution in [3.63, 3.8) is 0 Å². The van der Waals surface area contributed by atoms with Crippen LogP contribution in [0.2, 0.25) is 0 Å². The molecule has 4 nitrogen and oxygen atoms in total. The van der Waals surface area contributed by atoms with Crippen molar-refractivity contribution in [1.82, 2.24) is 5.32 Å². The summed E-state index contributed by atoms with van der Waals surface area (Å²) in [6.45, 7) is 12.6. The van der Waals surface area contributed by atoms with E-state index in [0.717, 1.165) is 25.9 Å². The second-order valence-electron chi connectivity index (χ2n) is 5.87. The van der Waals surface area contributed by atoms with Crippen LogP contribution in [-0.2, 0) is 9.47 Å². The SMILES string of the molecule is CCCCOCCOC(C)CC(C)(CO)NC(C)C. The zero-order chi connectivity index (χ0) is 14.7. The summed E-state index contributed by atoms with van der Waals surface area (Å²) in [6, 6.07) is 0.349. The first kappa shape index (κ1) is 18.8. The van der Waals surface area contributed by atoms with Crippen LogP contribution in [0.5, 0.6) is 0 Å². The van der Waals surface area contributed by atoms with E-state index in [0.29, 0.717) is 19.3 Å². The number of aliphatic hydroxyl groups is 1. The number of nitrogens with one attached hydrogen (secondary N) is 1. The van der Waals surface area contributed by atoms with Crippen LogP contribution in [0.4, 0.5) is 0 Å². The first-order valence-corrected chi connectivity index (χ1v) is 7.51. The molecule has 2 N–H and O–H groups in total. The maximum absolute atomic E-state index is 9.51. The van der Waals surface area contributed by atoms with Crippen molar-refractivity contribution >= 4 is 0 Å². The Bertz CT molecular complexity index is 212. The molecule has 2 unspecified atom stereocenters. The monoisotopic (exact) mass is 275 g/mol. The molecule has 0 saturated carbocycles. The van der Waals surface area contributed by atoms with Gasteiger partial charge in [0.1, 0.15) is 0 Å². The maximum Gasteiger partial charge on any atom is 0.0704 e. The quantitative estimate of drug-likeness (QED) is 0.537. The molecule has 0 aliphatic carbocycles. The highest BCUT2D eigenvalue weighted by Crippen LogP contribution is 2.15. The third-order valence-electron chi connectivity index (χ3n) is 3.00. The number of hydrogen-bond acceptors (Lipinski definition) is 4. The van der Waals surface area contributed by atoms with E-state index in [1.807, 2.05) is 13.8 Å². The van der Waals surface area contributed by atoms with Crippen LogP contribution in [0, 0.1) is 0 Å².